The van der Waals surface area contributed by atoms with Gasteiger partial charge in [0.1, 0.15) is 22.8 Å². The summed E-state index contributed by atoms with van der Waals surface area (Å²) in [6.07, 6.45) is 1.54. The minimum Gasteiger partial charge on any atom is -0.467 e. The van der Waals surface area contributed by atoms with Crippen molar-refractivity contribution in [1.29, 1.82) is 0 Å². The molecule has 0 unspecified atom stereocenters. The number of carbonyl (C=O) groups is 2. The monoisotopic (exact) mass is 354 g/mol. The Hall–Kier alpha value is -3.35. The van der Waals surface area contributed by atoms with Crippen molar-refractivity contribution < 1.29 is 23.3 Å². The van der Waals surface area contributed by atoms with Crippen LogP contribution in [0.3, 0.4) is 0 Å². The van der Waals surface area contributed by atoms with Gasteiger partial charge in [-0.05, 0) is 19.1 Å². The molecule has 0 spiro atoms. The molecule has 0 radical (unpaired) electrons. The second-order valence-corrected chi connectivity index (χ2v) is 5.73. The number of aryl methyl sites for hydroxylation is 1. The molecule has 0 atom stereocenters. The third-order valence-electron chi connectivity index (χ3n) is 3.84. The maximum absolute atomic E-state index is 12.5. The maximum atomic E-state index is 12.5. The van der Waals surface area contributed by atoms with Gasteiger partial charge in [0.05, 0.1) is 12.8 Å². The Kier molecular flexibility index (Phi) is 5.17. The van der Waals surface area contributed by atoms with Crippen LogP contribution in [0, 0.1) is 6.92 Å². The highest BCUT2D eigenvalue weighted by molar-refractivity contribution is 5.98. The molecule has 7 nitrogen and oxygen atoms in total. The third kappa shape index (κ3) is 3.83. The molecule has 3 rings (SSSR count). The van der Waals surface area contributed by atoms with Crippen LogP contribution >= 0.6 is 0 Å². The lowest BCUT2D eigenvalue weighted by molar-refractivity contribution is -0.134. The summed E-state index contributed by atoms with van der Waals surface area (Å²) < 4.78 is 15.5. The predicted octanol–water partition coefficient (Wildman–Crippen LogP) is 3.06. The zero-order valence-corrected chi connectivity index (χ0v) is 14.5. The second-order valence-electron chi connectivity index (χ2n) is 5.73. The van der Waals surface area contributed by atoms with E-state index in [4.69, 9.17) is 13.7 Å². The van der Waals surface area contributed by atoms with Crippen molar-refractivity contribution in [3.05, 3.63) is 65.8 Å². The summed E-state index contributed by atoms with van der Waals surface area (Å²) >= 11 is 0. The van der Waals surface area contributed by atoms with Crippen molar-refractivity contribution in [2.24, 2.45) is 0 Å². The molecular formula is C19H18N2O5. The van der Waals surface area contributed by atoms with Crippen LogP contribution in [0.2, 0.25) is 0 Å². The minimum atomic E-state index is -0.651. The van der Waals surface area contributed by atoms with Crippen LogP contribution in [0.5, 0.6) is 0 Å². The molecule has 2 heterocycles. The fraction of sp³-hybridized carbons (Fsp3) is 0.211. The van der Waals surface area contributed by atoms with E-state index in [-0.39, 0.29) is 18.1 Å². The van der Waals surface area contributed by atoms with Crippen LogP contribution in [0.4, 0.5) is 0 Å². The summed E-state index contributed by atoms with van der Waals surface area (Å²) in [5.41, 5.74) is 1.35. The number of hydrogen-bond donors (Lipinski definition) is 0. The molecule has 0 aliphatic rings. The van der Waals surface area contributed by atoms with E-state index in [1.807, 2.05) is 30.3 Å². The molecule has 0 N–H and O–H groups in total. The number of rotatable bonds is 6. The largest absolute Gasteiger partial charge is 0.467 e. The van der Waals surface area contributed by atoms with Gasteiger partial charge in [-0.15, -0.1) is 0 Å². The van der Waals surface area contributed by atoms with Gasteiger partial charge in [-0.1, -0.05) is 35.5 Å². The Morgan fingerprint density at radius 3 is 2.62 bits per heavy atom. The second kappa shape index (κ2) is 7.69. The van der Waals surface area contributed by atoms with Crippen LogP contribution in [0.25, 0.3) is 11.3 Å². The number of likely N-dealkylation sites (N-methyl/N-ethyl adjacent to an activating group) is 1. The number of benzene rings is 1. The zero-order chi connectivity index (χ0) is 18.5. The van der Waals surface area contributed by atoms with E-state index in [0.29, 0.717) is 23.8 Å². The Balaban J connectivity index is 1.65. The quantitative estimate of drug-likeness (QED) is 0.633. The molecule has 0 saturated heterocycles. The highest BCUT2D eigenvalue weighted by atomic mass is 16.5. The van der Waals surface area contributed by atoms with E-state index in [2.05, 4.69) is 5.16 Å². The molecule has 1 aromatic carbocycles. The number of furan rings is 1. The van der Waals surface area contributed by atoms with Gasteiger partial charge >= 0.3 is 5.97 Å². The van der Waals surface area contributed by atoms with Crippen LogP contribution in [0.1, 0.15) is 21.9 Å². The number of carbonyl (C=O) groups excluding carboxylic acids is 2. The molecule has 2 aromatic heterocycles. The summed E-state index contributed by atoms with van der Waals surface area (Å²) in [5, 5.41) is 3.94. The Labute approximate surface area is 150 Å². The van der Waals surface area contributed by atoms with Crippen molar-refractivity contribution in [3.8, 4) is 11.3 Å². The highest BCUT2D eigenvalue weighted by Gasteiger charge is 2.24. The Morgan fingerprint density at radius 1 is 1.15 bits per heavy atom. The normalized spacial score (nSPS) is 10.5. The van der Waals surface area contributed by atoms with E-state index in [1.54, 1.807) is 26.1 Å². The lowest BCUT2D eigenvalue weighted by Crippen LogP contribution is -2.30. The molecule has 0 saturated carbocycles. The number of aromatic nitrogens is 1. The van der Waals surface area contributed by atoms with Gasteiger partial charge in [0.25, 0.3) is 5.91 Å². The molecule has 134 valence electrons. The smallest absolute Gasteiger partial charge is 0.344 e. The van der Waals surface area contributed by atoms with Gasteiger partial charge in [-0.25, -0.2) is 4.79 Å². The minimum absolute atomic E-state index is 0.220. The average Bonchev–Trinajstić information content (AvgIpc) is 3.29. The van der Waals surface area contributed by atoms with Gasteiger partial charge in [0.2, 0.25) is 0 Å². The highest BCUT2D eigenvalue weighted by Crippen LogP contribution is 2.25. The number of ether oxygens (including phenoxy) is 1. The van der Waals surface area contributed by atoms with Crippen molar-refractivity contribution in [3.63, 3.8) is 0 Å². The number of esters is 1. The number of amides is 1. The molecule has 0 aliphatic carbocycles. The van der Waals surface area contributed by atoms with Crippen LogP contribution in [-0.2, 0) is 16.1 Å². The van der Waals surface area contributed by atoms with E-state index in [9.17, 15) is 9.59 Å². The first kappa shape index (κ1) is 17.5. The van der Waals surface area contributed by atoms with Gasteiger partial charge < -0.3 is 18.6 Å². The molecular weight excluding hydrogens is 336 g/mol. The van der Waals surface area contributed by atoms with E-state index in [0.717, 1.165) is 5.56 Å². The van der Waals surface area contributed by atoms with Crippen LogP contribution in [-0.4, -0.2) is 35.6 Å². The van der Waals surface area contributed by atoms with E-state index >= 15 is 0 Å². The van der Waals surface area contributed by atoms with E-state index in [1.165, 1.54) is 11.2 Å². The predicted molar refractivity (Wildman–Crippen MR) is 92.1 cm³/mol. The number of hydrogen-bond acceptors (Lipinski definition) is 6. The van der Waals surface area contributed by atoms with Crippen molar-refractivity contribution in [2.75, 3.05) is 13.7 Å². The molecule has 7 heteroatoms. The first-order chi connectivity index (χ1) is 12.6. The molecule has 1 amide bonds. The lowest BCUT2D eigenvalue weighted by atomic mass is 10.1. The van der Waals surface area contributed by atoms with Gasteiger partial charge in [0.15, 0.2) is 6.61 Å². The SMILES string of the molecule is Cc1onc(-c2ccccc2)c1C(=O)OCC(=O)N(C)Cc1ccco1. The summed E-state index contributed by atoms with van der Waals surface area (Å²) in [6.45, 7) is 1.54. The fourth-order valence-electron chi connectivity index (χ4n) is 2.44. The topological polar surface area (TPSA) is 85.8 Å². The summed E-state index contributed by atoms with van der Waals surface area (Å²) in [7, 11) is 1.61. The van der Waals surface area contributed by atoms with Gasteiger partial charge in [0, 0.05) is 12.6 Å². The standard InChI is InChI=1S/C19H18N2O5/c1-13-17(18(20-26-13)14-7-4-3-5-8-14)19(23)25-12-16(22)21(2)11-15-9-6-10-24-15/h3-10H,11-12H2,1-2H3. The van der Waals surface area contributed by atoms with Gasteiger partial charge in [-0.2, -0.15) is 0 Å². The van der Waals surface area contributed by atoms with E-state index < -0.39 is 5.97 Å². The molecule has 0 fully saturated rings. The first-order valence-electron chi connectivity index (χ1n) is 8.01. The van der Waals surface area contributed by atoms with Crippen molar-refractivity contribution in [2.45, 2.75) is 13.5 Å². The Morgan fingerprint density at radius 2 is 1.92 bits per heavy atom. The molecule has 0 bridgehead atoms. The fourth-order valence-corrected chi connectivity index (χ4v) is 2.44. The third-order valence-corrected chi connectivity index (χ3v) is 3.84. The van der Waals surface area contributed by atoms with Crippen molar-refractivity contribution >= 4 is 11.9 Å². The van der Waals surface area contributed by atoms with Crippen LogP contribution in [0.15, 0.2) is 57.7 Å². The lowest BCUT2D eigenvalue weighted by Gasteiger charge is -2.15. The summed E-state index contributed by atoms with van der Waals surface area (Å²) in [6, 6.07) is 12.7. The van der Waals surface area contributed by atoms with Crippen molar-refractivity contribution in [1.82, 2.24) is 10.1 Å². The molecule has 3 aromatic rings. The maximum Gasteiger partial charge on any atom is 0.344 e. The molecule has 26 heavy (non-hydrogen) atoms. The summed E-state index contributed by atoms with van der Waals surface area (Å²) in [5.74, 6) is -0.00821. The summed E-state index contributed by atoms with van der Waals surface area (Å²) in [4.78, 5) is 26.0. The van der Waals surface area contributed by atoms with Gasteiger partial charge in [-0.3, -0.25) is 4.79 Å². The zero-order valence-electron chi connectivity index (χ0n) is 14.5. The molecule has 0 aliphatic heterocycles. The van der Waals surface area contributed by atoms with Crippen LogP contribution < -0.4 is 0 Å². The number of nitrogens with zero attached hydrogens (tertiary/aromatic N) is 2. The average molecular weight is 354 g/mol. The first-order valence-corrected chi connectivity index (χ1v) is 8.01. The Bertz CT molecular complexity index is 884.